The number of carbonyl (C=O) groups is 2. The molecule has 0 aliphatic heterocycles. The Morgan fingerprint density at radius 2 is 2.00 bits per heavy atom. The molecule has 102 valence electrons. The van der Waals surface area contributed by atoms with E-state index in [0.717, 1.165) is 10.9 Å². The van der Waals surface area contributed by atoms with Crippen LogP contribution in [0.2, 0.25) is 0 Å². The molecule has 1 aromatic carbocycles. The minimum absolute atomic E-state index is 0.0613. The molecule has 0 aromatic heterocycles. The van der Waals surface area contributed by atoms with Gasteiger partial charge in [-0.05, 0) is 24.1 Å². The number of hydrogen-bond donors (Lipinski definition) is 3. The van der Waals surface area contributed by atoms with Gasteiger partial charge in [-0.15, -0.1) is 0 Å². The van der Waals surface area contributed by atoms with Crippen molar-refractivity contribution in [1.82, 2.24) is 10.6 Å². The van der Waals surface area contributed by atoms with E-state index in [1.807, 2.05) is 24.3 Å². The summed E-state index contributed by atoms with van der Waals surface area (Å²) in [6.45, 7) is 0.150. The maximum atomic E-state index is 11.5. The number of carboxylic acids is 1. The summed E-state index contributed by atoms with van der Waals surface area (Å²) in [5.41, 5.74) is 1.21. The first kappa shape index (κ1) is 13.9. The van der Waals surface area contributed by atoms with Gasteiger partial charge in [-0.1, -0.05) is 28.1 Å². The second-order valence-corrected chi connectivity index (χ2v) is 5.46. The first-order valence-corrected chi connectivity index (χ1v) is 6.87. The summed E-state index contributed by atoms with van der Waals surface area (Å²) >= 11 is 3.38. The number of hydrogen-bond acceptors (Lipinski definition) is 2. The van der Waals surface area contributed by atoms with Gasteiger partial charge in [-0.2, -0.15) is 0 Å². The molecule has 2 atom stereocenters. The predicted octanol–water partition coefficient (Wildman–Crippen LogP) is 2.08. The molecule has 1 aliphatic rings. The highest BCUT2D eigenvalue weighted by atomic mass is 79.9. The van der Waals surface area contributed by atoms with Crippen LogP contribution in [0.15, 0.2) is 28.7 Å². The maximum Gasteiger partial charge on any atom is 0.315 e. The van der Waals surface area contributed by atoms with Crippen LogP contribution in [0.1, 0.15) is 24.3 Å². The molecule has 19 heavy (non-hydrogen) atoms. The lowest BCUT2D eigenvalue weighted by atomic mass is 10.1. The Labute approximate surface area is 119 Å². The van der Waals surface area contributed by atoms with Crippen LogP contribution in [0.4, 0.5) is 4.79 Å². The molecular weight excluding hydrogens is 312 g/mol. The highest BCUT2D eigenvalue weighted by Gasteiger charge is 2.39. The number of amides is 2. The molecule has 2 rings (SSSR count). The normalized spacial score (nSPS) is 20.7. The number of rotatable bonds is 5. The summed E-state index contributed by atoms with van der Waals surface area (Å²) in [5.74, 6) is -0.558. The predicted molar refractivity (Wildman–Crippen MR) is 74.1 cm³/mol. The molecule has 1 aliphatic carbocycles. The van der Waals surface area contributed by atoms with Gasteiger partial charge in [0.1, 0.15) is 0 Å². The van der Waals surface area contributed by atoms with Crippen LogP contribution in [0.25, 0.3) is 0 Å². The summed E-state index contributed by atoms with van der Waals surface area (Å²) in [4.78, 5) is 21.8. The summed E-state index contributed by atoms with van der Waals surface area (Å²) in [5, 5.41) is 13.8. The highest BCUT2D eigenvalue weighted by Crippen LogP contribution is 2.40. The fraction of sp³-hybridized carbons (Fsp3) is 0.385. The molecule has 1 saturated carbocycles. The molecule has 1 aromatic rings. The topological polar surface area (TPSA) is 78.4 Å². The van der Waals surface area contributed by atoms with Gasteiger partial charge < -0.3 is 15.7 Å². The lowest BCUT2D eigenvalue weighted by Crippen LogP contribution is -2.38. The van der Waals surface area contributed by atoms with E-state index in [4.69, 9.17) is 5.11 Å². The van der Waals surface area contributed by atoms with Gasteiger partial charge in [0.2, 0.25) is 0 Å². The van der Waals surface area contributed by atoms with Crippen molar-refractivity contribution in [3.8, 4) is 0 Å². The second kappa shape index (κ2) is 6.06. The number of carboxylic acid groups (broad SMARTS) is 1. The van der Waals surface area contributed by atoms with Crippen molar-refractivity contribution in [2.24, 2.45) is 0 Å². The van der Waals surface area contributed by atoms with Crippen LogP contribution in [0.3, 0.4) is 0 Å². The van der Waals surface area contributed by atoms with Crippen LogP contribution in [0.5, 0.6) is 0 Å². The molecule has 0 saturated heterocycles. The van der Waals surface area contributed by atoms with Crippen molar-refractivity contribution in [2.75, 3.05) is 6.54 Å². The Balaban J connectivity index is 1.73. The van der Waals surface area contributed by atoms with Gasteiger partial charge in [-0.25, -0.2) is 4.79 Å². The van der Waals surface area contributed by atoms with Crippen molar-refractivity contribution in [1.29, 1.82) is 0 Å². The zero-order chi connectivity index (χ0) is 13.8. The minimum atomic E-state index is -0.917. The van der Waals surface area contributed by atoms with Crippen molar-refractivity contribution < 1.29 is 14.7 Å². The Morgan fingerprint density at radius 1 is 1.32 bits per heavy atom. The fourth-order valence-electron chi connectivity index (χ4n) is 1.94. The van der Waals surface area contributed by atoms with E-state index < -0.39 is 5.97 Å². The number of nitrogens with one attached hydrogen (secondary N) is 2. The van der Waals surface area contributed by atoms with Gasteiger partial charge in [0, 0.05) is 23.0 Å². The summed E-state index contributed by atoms with van der Waals surface area (Å²) in [6, 6.07) is 7.89. The van der Waals surface area contributed by atoms with Gasteiger partial charge in [0.25, 0.3) is 0 Å². The zero-order valence-electron chi connectivity index (χ0n) is 10.2. The minimum Gasteiger partial charge on any atom is -0.481 e. The molecule has 0 heterocycles. The Hall–Kier alpha value is -1.56. The van der Waals surface area contributed by atoms with E-state index in [9.17, 15) is 9.59 Å². The van der Waals surface area contributed by atoms with Crippen molar-refractivity contribution in [3.63, 3.8) is 0 Å². The highest BCUT2D eigenvalue weighted by molar-refractivity contribution is 9.10. The average molecular weight is 327 g/mol. The number of halogens is 1. The molecule has 0 unspecified atom stereocenters. The van der Waals surface area contributed by atoms with Gasteiger partial charge in [-0.3, -0.25) is 4.79 Å². The number of benzene rings is 1. The average Bonchev–Trinajstić information content (AvgIpc) is 3.08. The standard InChI is InChI=1S/C13H15BrN2O3/c14-9-3-1-8(2-4-9)10-7-11(10)16-13(19)15-6-5-12(17)18/h1-4,10-11H,5-7H2,(H,17,18)(H2,15,16,19)/t10-,11+/m0/s1. The quantitative estimate of drug-likeness (QED) is 0.775. The van der Waals surface area contributed by atoms with E-state index in [0.29, 0.717) is 5.92 Å². The largest absolute Gasteiger partial charge is 0.481 e. The summed E-state index contributed by atoms with van der Waals surface area (Å²) < 4.78 is 1.04. The molecule has 6 heteroatoms. The number of urea groups is 1. The van der Waals surface area contributed by atoms with Crippen LogP contribution in [0, 0.1) is 0 Å². The third-order valence-corrected chi connectivity index (χ3v) is 3.56. The number of aliphatic carboxylic acids is 1. The molecular formula is C13H15BrN2O3. The summed E-state index contributed by atoms with van der Waals surface area (Å²) in [6.07, 6.45) is 0.863. The van der Waals surface area contributed by atoms with E-state index in [1.54, 1.807) is 0 Å². The Bertz CT molecular complexity index is 475. The van der Waals surface area contributed by atoms with Crippen molar-refractivity contribution >= 4 is 27.9 Å². The third kappa shape index (κ3) is 4.24. The molecule has 2 amide bonds. The first-order chi connectivity index (χ1) is 9.06. The molecule has 5 nitrogen and oxygen atoms in total. The second-order valence-electron chi connectivity index (χ2n) is 4.54. The van der Waals surface area contributed by atoms with Crippen LogP contribution in [-0.2, 0) is 4.79 Å². The molecule has 3 N–H and O–H groups in total. The third-order valence-electron chi connectivity index (χ3n) is 3.03. The molecule has 0 radical (unpaired) electrons. The van der Waals surface area contributed by atoms with E-state index >= 15 is 0 Å². The molecule has 1 fully saturated rings. The smallest absolute Gasteiger partial charge is 0.315 e. The van der Waals surface area contributed by atoms with Crippen LogP contribution in [-0.4, -0.2) is 29.7 Å². The van der Waals surface area contributed by atoms with Crippen LogP contribution >= 0.6 is 15.9 Å². The number of carbonyl (C=O) groups excluding carboxylic acids is 1. The van der Waals surface area contributed by atoms with E-state index in [2.05, 4.69) is 26.6 Å². The Morgan fingerprint density at radius 3 is 2.63 bits per heavy atom. The lowest BCUT2D eigenvalue weighted by molar-refractivity contribution is -0.136. The maximum absolute atomic E-state index is 11.5. The van der Waals surface area contributed by atoms with Crippen LogP contribution < -0.4 is 10.6 Å². The van der Waals surface area contributed by atoms with Crippen molar-refractivity contribution in [2.45, 2.75) is 24.8 Å². The molecule has 0 bridgehead atoms. The molecule has 0 spiro atoms. The van der Waals surface area contributed by atoms with E-state index in [1.165, 1.54) is 5.56 Å². The summed E-state index contributed by atoms with van der Waals surface area (Å²) in [7, 11) is 0. The fourth-order valence-corrected chi connectivity index (χ4v) is 2.20. The van der Waals surface area contributed by atoms with Gasteiger partial charge in [0.05, 0.1) is 6.42 Å². The first-order valence-electron chi connectivity index (χ1n) is 6.08. The van der Waals surface area contributed by atoms with Crippen molar-refractivity contribution in [3.05, 3.63) is 34.3 Å². The SMILES string of the molecule is O=C(O)CCNC(=O)N[C@@H]1C[C@H]1c1ccc(Br)cc1. The monoisotopic (exact) mass is 326 g/mol. The zero-order valence-corrected chi connectivity index (χ0v) is 11.8. The van der Waals surface area contributed by atoms with Gasteiger partial charge in [0.15, 0.2) is 0 Å². The van der Waals surface area contributed by atoms with E-state index in [-0.39, 0.29) is 25.0 Å². The Kier molecular flexibility index (Phi) is 4.42. The lowest BCUT2D eigenvalue weighted by Gasteiger charge is -2.06. The van der Waals surface area contributed by atoms with Gasteiger partial charge >= 0.3 is 12.0 Å².